The highest BCUT2D eigenvalue weighted by Crippen LogP contribution is 2.25. The number of benzene rings is 1. The molecule has 16 heavy (non-hydrogen) atoms. The fourth-order valence-electron chi connectivity index (χ4n) is 1.25. The predicted octanol–water partition coefficient (Wildman–Crippen LogP) is 2.98. The number of hydrogen-bond acceptors (Lipinski definition) is 2. The highest BCUT2D eigenvalue weighted by molar-refractivity contribution is 7.84. The van der Waals surface area contributed by atoms with Gasteiger partial charge in [-0.1, -0.05) is 36.2 Å². The van der Waals surface area contributed by atoms with Crippen molar-refractivity contribution in [1.29, 1.82) is 0 Å². The third kappa shape index (κ3) is 4.06. The lowest BCUT2D eigenvalue weighted by atomic mass is 10.2. The van der Waals surface area contributed by atoms with Gasteiger partial charge in [0.25, 0.3) is 0 Å². The molecule has 0 aliphatic rings. The van der Waals surface area contributed by atoms with E-state index in [0.717, 1.165) is 12.0 Å². The number of nitrogens with two attached hydrogens (primary N) is 1. The summed E-state index contributed by atoms with van der Waals surface area (Å²) in [7, 11) is -1.02. The largest absolute Gasteiger partial charge is 0.327 e. The summed E-state index contributed by atoms with van der Waals surface area (Å²) in [5.74, 6) is 0.851. The van der Waals surface area contributed by atoms with Crippen LogP contribution in [0.1, 0.15) is 18.9 Å². The monoisotopic (exact) mass is 279 g/mol. The Labute approximate surface area is 109 Å². The minimum atomic E-state index is -1.02. The highest BCUT2D eigenvalue weighted by Gasteiger charge is 2.11. The first kappa shape index (κ1) is 14.0. The Morgan fingerprint density at radius 3 is 2.44 bits per heavy atom. The van der Waals surface area contributed by atoms with Crippen molar-refractivity contribution in [2.45, 2.75) is 25.1 Å². The van der Waals surface area contributed by atoms with Crippen LogP contribution in [0, 0.1) is 0 Å². The summed E-state index contributed by atoms with van der Waals surface area (Å²) in [5.41, 5.74) is 6.49. The average Bonchev–Trinajstić information content (AvgIpc) is 2.23. The lowest BCUT2D eigenvalue weighted by molar-refractivity contribution is 0.663. The second-order valence-corrected chi connectivity index (χ2v) is 5.94. The zero-order chi connectivity index (χ0) is 12.1. The van der Waals surface area contributed by atoms with Crippen LogP contribution in [-0.4, -0.2) is 16.0 Å². The van der Waals surface area contributed by atoms with Gasteiger partial charge in [0.15, 0.2) is 0 Å². The van der Waals surface area contributed by atoms with Gasteiger partial charge < -0.3 is 5.73 Å². The Kier molecular flexibility index (Phi) is 5.76. The van der Waals surface area contributed by atoms with E-state index >= 15 is 0 Å². The molecule has 0 heterocycles. The van der Waals surface area contributed by atoms with Crippen LogP contribution in [0.3, 0.4) is 0 Å². The number of hydrogen-bond donors (Lipinski definition) is 1. The van der Waals surface area contributed by atoms with E-state index in [4.69, 9.17) is 28.9 Å². The van der Waals surface area contributed by atoms with Crippen molar-refractivity contribution >= 4 is 34.0 Å². The van der Waals surface area contributed by atoms with Crippen molar-refractivity contribution in [3.05, 3.63) is 33.8 Å². The van der Waals surface area contributed by atoms with Gasteiger partial charge in [0.1, 0.15) is 0 Å². The maximum Gasteiger partial charge on any atom is 0.0515 e. The van der Waals surface area contributed by atoms with Gasteiger partial charge in [0.2, 0.25) is 0 Å². The van der Waals surface area contributed by atoms with E-state index in [0.29, 0.717) is 21.6 Å². The van der Waals surface area contributed by atoms with E-state index in [-0.39, 0.29) is 6.04 Å². The van der Waals surface area contributed by atoms with Gasteiger partial charge in [-0.05, 0) is 18.6 Å². The van der Waals surface area contributed by atoms with Crippen LogP contribution < -0.4 is 5.73 Å². The van der Waals surface area contributed by atoms with Crippen LogP contribution >= 0.6 is 23.2 Å². The quantitative estimate of drug-likeness (QED) is 0.901. The van der Waals surface area contributed by atoms with Crippen LogP contribution in [-0.2, 0) is 16.6 Å². The summed E-state index contributed by atoms with van der Waals surface area (Å²) in [6.07, 6.45) is 0.821. The molecule has 1 aromatic carbocycles. The molecule has 0 amide bonds. The molecule has 2 atom stereocenters. The van der Waals surface area contributed by atoms with Crippen LogP contribution in [0.15, 0.2) is 18.2 Å². The van der Waals surface area contributed by atoms with Crippen LogP contribution in [0.4, 0.5) is 0 Å². The Morgan fingerprint density at radius 1 is 1.38 bits per heavy atom. The third-order valence-corrected chi connectivity index (χ3v) is 4.41. The van der Waals surface area contributed by atoms with Gasteiger partial charge in [0.05, 0.1) is 5.75 Å². The first-order valence-electron chi connectivity index (χ1n) is 5.08. The molecule has 1 rings (SSSR count). The van der Waals surface area contributed by atoms with Gasteiger partial charge in [0, 0.05) is 38.2 Å². The maximum absolute atomic E-state index is 11.8. The molecular formula is C11H15Cl2NOS. The van der Waals surface area contributed by atoms with Crippen molar-refractivity contribution in [3.63, 3.8) is 0 Å². The number of rotatable bonds is 5. The zero-order valence-electron chi connectivity index (χ0n) is 9.08. The first-order valence-corrected chi connectivity index (χ1v) is 7.32. The summed E-state index contributed by atoms with van der Waals surface area (Å²) < 4.78 is 11.8. The molecular weight excluding hydrogens is 265 g/mol. The molecule has 2 N–H and O–H groups in total. The second kappa shape index (κ2) is 6.60. The van der Waals surface area contributed by atoms with E-state index in [1.807, 2.05) is 6.92 Å². The molecule has 0 aliphatic heterocycles. The summed E-state index contributed by atoms with van der Waals surface area (Å²) in [6, 6.07) is 5.25. The standard InChI is InChI=1S/C11H15Cl2NOS/c1-2-8(14)6-16(15)7-9-10(12)4-3-5-11(9)13/h3-5,8H,2,6-7,14H2,1H3. The van der Waals surface area contributed by atoms with Crippen LogP contribution in [0.2, 0.25) is 10.0 Å². The Hall–Kier alpha value is -0.0900. The third-order valence-electron chi connectivity index (χ3n) is 2.29. The molecule has 0 aliphatic carbocycles. The van der Waals surface area contributed by atoms with Crippen molar-refractivity contribution in [1.82, 2.24) is 0 Å². The van der Waals surface area contributed by atoms with Crippen molar-refractivity contribution in [2.75, 3.05) is 5.75 Å². The molecule has 0 aromatic heterocycles. The van der Waals surface area contributed by atoms with E-state index in [1.165, 1.54) is 0 Å². The molecule has 90 valence electrons. The molecule has 2 unspecified atom stereocenters. The molecule has 0 spiro atoms. The fourth-order valence-corrected chi connectivity index (χ4v) is 3.40. The van der Waals surface area contributed by atoms with Gasteiger partial charge in [-0.15, -0.1) is 0 Å². The van der Waals surface area contributed by atoms with E-state index < -0.39 is 10.8 Å². The predicted molar refractivity (Wildman–Crippen MR) is 71.4 cm³/mol. The minimum Gasteiger partial charge on any atom is -0.327 e. The molecule has 1 aromatic rings. The summed E-state index contributed by atoms with van der Waals surface area (Å²) in [6.45, 7) is 1.98. The van der Waals surface area contributed by atoms with Gasteiger partial charge >= 0.3 is 0 Å². The van der Waals surface area contributed by atoms with E-state index in [9.17, 15) is 4.21 Å². The molecule has 0 fully saturated rings. The van der Waals surface area contributed by atoms with E-state index in [1.54, 1.807) is 18.2 Å². The SMILES string of the molecule is CCC(N)CS(=O)Cc1c(Cl)cccc1Cl. The van der Waals surface area contributed by atoms with Gasteiger partial charge in [-0.2, -0.15) is 0 Å². The molecule has 0 saturated carbocycles. The first-order chi connectivity index (χ1) is 7.54. The molecule has 5 heteroatoms. The normalized spacial score (nSPS) is 14.8. The molecule has 0 radical (unpaired) electrons. The van der Waals surface area contributed by atoms with Crippen LogP contribution in [0.5, 0.6) is 0 Å². The lowest BCUT2D eigenvalue weighted by Crippen LogP contribution is -2.26. The molecule has 0 bridgehead atoms. The maximum atomic E-state index is 11.8. The summed E-state index contributed by atoms with van der Waals surface area (Å²) in [4.78, 5) is 0. The number of halogens is 2. The Morgan fingerprint density at radius 2 is 1.94 bits per heavy atom. The Bertz CT molecular complexity index is 364. The second-order valence-electron chi connectivity index (χ2n) is 3.62. The van der Waals surface area contributed by atoms with Crippen molar-refractivity contribution < 1.29 is 4.21 Å². The van der Waals surface area contributed by atoms with Gasteiger partial charge in [-0.25, -0.2) is 0 Å². The zero-order valence-corrected chi connectivity index (χ0v) is 11.4. The smallest absolute Gasteiger partial charge is 0.0515 e. The summed E-state index contributed by atoms with van der Waals surface area (Å²) >= 11 is 12.0. The minimum absolute atomic E-state index is 0.0258. The van der Waals surface area contributed by atoms with Crippen molar-refractivity contribution in [2.24, 2.45) is 5.73 Å². The van der Waals surface area contributed by atoms with E-state index in [2.05, 4.69) is 0 Å². The lowest BCUT2D eigenvalue weighted by Gasteiger charge is -2.10. The van der Waals surface area contributed by atoms with Crippen molar-refractivity contribution in [3.8, 4) is 0 Å². The van der Waals surface area contributed by atoms with Crippen LogP contribution in [0.25, 0.3) is 0 Å². The van der Waals surface area contributed by atoms with Gasteiger partial charge in [-0.3, -0.25) is 4.21 Å². The fraction of sp³-hybridized carbons (Fsp3) is 0.455. The molecule has 0 saturated heterocycles. The topological polar surface area (TPSA) is 43.1 Å². The summed E-state index contributed by atoms with van der Waals surface area (Å²) in [5, 5.41) is 1.12. The molecule has 2 nitrogen and oxygen atoms in total. The highest BCUT2D eigenvalue weighted by atomic mass is 35.5. The average molecular weight is 280 g/mol. The Balaban J connectivity index is 2.70.